The zero-order valence-electron chi connectivity index (χ0n) is 12.8. The number of benzene rings is 1. The first kappa shape index (κ1) is 17.1. The summed E-state index contributed by atoms with van der Waals surface area (Å²) in [5, 5.41) is 0. The van der Waals surface area contributed by atoms with E-state index < -0.39 is 10.0 Å². The quantitative estimate of drug-likeness (QED) is 0.816. The van der Waals surface area contributed by atoms with E-state index in [0.717, 1.165) is 24.1 Å². The molecule has 0 aliphatic rings. The van der Waals surface area contributed by atoms with E-state index in [-0.39, 0.29) is 0 Å². The summed E-state index contributed by atoms with van der Waals surface area (Å²) in [6.07, 6.45) is 0.804. The fourth-order valence-electron chi connectivity index (χ4n) is 2.06. The Labute approximate surface area is 122 Å². The molecule has 0 radical (unpaired) electrons. The summed E-state index contributed by atoms with van der Waals surface area (Å²) >= 11 is 0. The smallest absolute Gasteiger partial charge is 0.243 e. The molecule has 2 N–H and O–H groups in total. The summed E-state index contributed by atoms with van der Waals surface area (Å²) < 4.78 is 26.6. The maximum atomic E-state index is 12.6. The van der Waals surface area contributed by atoms with Gasteiger partial charge in [0, 0.05) is 20.1 Å². The van der Waals surface area contributed by atoms with Crippen molar-refractivity contribution >= 4 is 10.0 Å². The Bertz CT molecular complexity index is 541. The number of hydrogen-bond donors (Lipinski definition) is 1. The Balaban J connectivity index is 2.93. The van der Waals surface area contributed by atoms with Gasteiger partial charge in [0.25, 0.3) is 0 Å². The minimum atomic E-state index is -3.44. The summed E-state index contributed by atoms with van der Waals surface area (Å²) in [5.74, 6) is 0. The molecule has 1 rings (SSSR count). The van der Waals surface area contributed by atoms with Crippen LogP contribution in [0.5, 0.6) is 0 Å². The molecule has 0 saturated carbocycles. The van der Waals surface area contributed by atoms with Crippen molar-refractivity contribution in [1.29, 1.82) is 0 Å². The molecule has 0 atom stereocenters. The van der Waals surface area contributed by atoms with Gasteiger partial charge in [-0.1, -0.05) is 12.1 Å². The van der Waals surface area contributed by atoms with Crippen molar-refractivity contribution in [2.24, 2.45) is 5.73 Å². The maximum Gasteiger partial charge on any atom is 0.243 e. The van der Waals surface area contributed by atoms with Crippen LogP contribution in [0.15, 0.2) is 23.1 Å². The van der Waals surface area contributed by atoms with Gasteiger partial charge in [-0.3, -0.25) is 0 Å². The lowest BCUT2D eigenvalue weighted by molar-refractivity contribution is 0.370. The predicted octanol–water partition coefficient (Wildman–Crippen LogP) is 1.03. The van der Waals surface area contributed by atoms with Gasteiger partial charge in [-0.25, -0.2) is 12.7 Å². The second-order valence-electron chi connectivity index (χ2n) is 5.23. The molecular formula is C14H25N3O2S. The summed E-state index contributed by atoms with van der Waals surface area (Å²) in [7, 11) is 2.13. The van der Waals surface area contributed by atoms with Crippen LogP contribution in [0.25, 0.3) is 0 Å². The van der Waals surface area contributed by atoms with E-state index in [9.17, 15) is 8.42 Å². The third kappa shape index (κ3) is 4.02. The zero-order valence-corrected chi connectivity index (χ0v) is 13.6. The topological polar surface area (TPSA) is 66.6 Å². The predicted molar refractivity (Wildman–Crippen MR) is 82.1 cm³/mol. The van der Waals surface area contributed by atoms with Gasteiger partial charge < -0.3 is 10.6 Å². The molecule has 0 fully saturated rings. The largest absolute Gasteiger partial charge is 0.326 e. The highest BCUT2D eigenvalue weighted by Gasteiger charge is 2.23. The van der Waals surface area contributed by atoms with Crippen LogP contribution < -0.4 is 5.73 Å². The molecule has 0 saturated heterocycles. The lowest BCUT2D eigenvalue weighted by Crippen LogP contribution is -2.30. The molecule has 1 aromatic carbocycles. The van der Waals surface area contributed by atoms with Crippen LogP contribution in [-0.4, -0.2) is 51.9 Å². The average Bonchev–Trinajstić information content (AvgIpc) is 2.38. The lowest BCUT2D eigenvalue weighted by atomic mass is 10.1. The van der Waals surface area contributed by atoms with Crippen molar-refractivity contribution in [2.75, 3.05) is 34.2 Å². The molecule has 114 valence electrons. The fourth-order valence-corrected chi connectivity index (χ4v) is 3.53. The highest BCUT2D eigenvalue weighted by Crippen LogP contribution is 2.21. The fraction of sp³-hybridized carbons (Fsp3) is 0.571. The van der Waals surface area contributed by atoms with E-state index in [2.05, 4.69) is 0 Å². The van der Waals surface area contributed by atoms with Crippen molar-refractivity contribution in [3.63, 3.8) is 0 Å². The van der Waals surface area contributed by atoms with Crippen molar-refractivity contribution in [3.8, 4) is 0 Å². The second-order valence-corrected chi connectivity index (χ2v) is 7.24. The van der Waals surface area contributed by atoms with Crippen LogP contribution >= 0.6 is 0 Å². The molecule has 0 spiro atoms. The Hall–Kier alpha value is -0.950. The van der Waals surface area contributed by atoms with Crippen LogP contribution in [0.1, 0.15) is 17.5 Å². The highest BCUT2D eigenvalue weighted by molar-refractivity contribution is 7.89. The van der Waals surface area contributed by atoms with Gasteiger partial charge in [-0.15, -0.1) is 0 Å². The van der Waals surface area contributed by atoms with Gasteiger partial charge in [-0.2, -0.15) is 0 Å². The summed E-state index contributed by atoms with van der Waals surface area (Å²) in [6, 6.07) is 5.25. The molecule has 5 nitrogen and oxygen atoms in total. The van der Waals surface area contributed by atoms with Crippen molar-refractivity contribution in [1.82, 2.24) is 9.21 Å². The van der Waals surface area contributed by atoms with Gasteiger partial charge in [0.2, 0.25) is 10.0 Å². The van der Waals surface area contributed by atoms with E-state index >= 15 is 0 Å². The number of hydrogen-bond acceptors (Lipinski definition) is 4. The van der Waals surface area contributed by atoms with E-state index in [1.165, 1.54) is 4.31 Å². The van der Waals surface area contributed by atoms with Crippen molar-refractivity contribution < 1.29 is 8.42 Å². The third-order valence-corrected chi connectivity index (χ3v) is 5.38. The molecule has 0 aliphatic heterocycles. The Kier molecular flexibility index (Phi) is 6.13. The molecule has 0 aliphatic carbocycles. The van der Waals surface area contributed by atoms with Crippen molar-refractivity contribution in [3.05, 3.63) is 29.3 Å². The minimum Gasteiger partial charge on any atom is -0.326 e. The van der Waals surface area contributed by atoms with Gasteiger partial charge in [-0.05, 0) is 51.2 Å². The molecule has 0 aromatic heterocycles. The Morgan fingerprint density at radius 1 is 1.15 bits per heavy atom. The Morgan fingerprint density at radius 3 is 2.35 bits per heavy atom. The molecule has 1 aromatic rings. The molecule has 0 unspecified atom stereocenters. The summed E-state index contributed by atoms with van der Waals surface area (Å²) in [5.41, 5.74) is 7.25. The second kappa shape index (κ2) is 7.17. The first-order chi connectivity index (χ1) is 9.30. The number of rotatable bonds is 7. The normalized spacial score (nSPS) is 12.3. The first-order valence-corrected chi connectivity index (χ1v) is 8.14. The molecule has 20 heavy (non-hydrogen) atoms. The number of sulfonamides is 1. The molecule has 0 amide bonds. The highest BCUT2D eigenvalue weighted by atomic mass is 32.2. The third-order valence-electron chi connectivity index (χ3n) is 3.38. The van der Waals surface area contributed by atoms with Gasteiger partial charge in [0.05, 0.1) is 4.90 Å². The average molecular weight is 299 g/mol. The summed E-state index contributed by atoms with van der Waals surface area (Å²) in [4.78, 5) is 2.40. The van der Waals surface area contributed by atoms with Gasteiger partial charge in [0.1, 0.15) is 0 Å². The van der Waals surface area contributed by atoms with Gasteiger partial charge >= 0.3 is 0 Å². The molecule has 0 heterocycles. The maximum absolute atomic E-state index is 12.6. The summed E-state index contributed by atoms with van der Waals surface area (Å²) in [6.45, 7) is 3.52. The van der Waals surface area contributed by atoms with Gasteiger partial charge in [0.15, 0.2) is 0 Å². The molecular weight excluding hydrogens is 274 g/mol. The molecule has 6 heteroatoms. The monoisotopic (exact) mass is 299 g/mol. The van der Waals surface area contributed by atoms with E-state index in [1.807, 2.05) is 32.0 Å². The van der Waals surface area contributed by atoms with Crippen LogP contribution in [0.3, 0.4) is 0 Å². The number of nitrogens with two attached hydrogens (primary N) is 1. The van der Waals surface area contributed by atoms with Crippen LogP contribution in [-0.2, 0) is 16.6 Å². The lowest BCUT2D eigenvalue weighted by Gasteiger charge is -2.20. The first-order valence-electron chi connectivity index (χ1n) is 6.70. The van der Waals surface area contributed by atoms with Crippen molar-refractivity contribution in [2.45, 2.75) is 24.8 Å². The zero-order chi connectivity index (χ0) is 15.3. The molecule has 0 bridgehead atoms. The van der Waals surface area contributed by atoms with E-state index in [0.29, 0.717) is 18.0 Å². The minimum absolute atomic E-state index is 0.347. The van der Waals surface area contributed by atoms with Crippen LogP contribution in [0.4, 0.5) is 0 Å². The van der Waals surface area contributed by atoms with Crippen LogP contribution in [0.2, 0.25) is 0 Å². The SMILES string of the molecule is Cc1c(CN)cccc1S(=O)(=O)N(C)CCCN(C)C. The van der Waals surface area contributed by atoms with E-state index in [4.69, 9.17) is 5.73 Å². The Morgan fingerprint density at radius 2 is 1.80 bits per heavy atom. The van der Waals surface area contributed by atoms with Crippen LogP contribution in [0, 0.1) is 6.92 Å². The standard InChI is InChI=1S/C14H25N3O2S/c1-12-13(11-15)7-5-8-14(12)20(18,19)17(4)10-6-9-16(2)3/h5,7-8H,6,9-11,15H2,1-4H3. The number of nitrogens with zero attached hydrogens (tertiary/aromatic N) is 2. The van der Waals surface area contributed by atoms with E-state index in [1.54, 1.807) is 19.2 Å².